The van der Waals surface area contributed by atoms with Crippen LogP contribution in [0.5, 0.6) is 0 Å². The number of nitrogens with zero attached hydrogens (tertiary/aromatic N) is 1. The number of H-pyrrole nitrogens is 1. The molecule has 2 rings (SSSR count). The predicted molar refractivity (Wildman–Crippen MR) is 36.0 cm³/mol. The second kappa shape index (κ2) is 1.63. The van der Waals surface area contributed by atoms with Gasteiger partial charge in [0, 0.05) is 5.92 Å². The number of rotatable bonds is 1. The van der Waals surface area contributed by atoms with Gasteiger partial charge in [0.1, 0.15) is 7.85 Å². The van der Waals surface area contributed by atoms with E-state index < -0.39 is 0 Å². The Bertz CT molecular complexity index is 215. The Morgan fingerprint density at radius 1 is 1.67 bits per heavy atom. The van der Waals surface area contributed by atoms with Gasteiger partial charge in [-0.05, 0) is 24.5 Å². The maximum Gasteiger partial charge on any atom is 0.140 e. The Morgan fingerprint density at radius 3 is 2.89 bits per heavy atom. The largest absolute Gasteiger partial charge is 0.293 e. The summed E-state index contributed by atoms with van der Waals surface area (Å²) in [5.41, 5.74) is 1.81. The van der Waals surface area contributed by atoms with Gasteiger partial charge in [-0.1, -0.05) is 0 Å². The van der Waals surface area contributed by atoms with Crippen LogP contribution < -0.4 is 5.59 Å². The van der Waals surface area contributed by atoms with Crippen molar-refractivity contribution >= 4 is 13.4 Å². The van der Waals surface area contributed by atoms with Crippen LogP contribution >= 0.6 is 0 Å². The van der Waals surface area contributed by atoms with E-state index in [9.17, 15) is 0 Å². The number of nitrogens with one attached hydrogen (secondary N) is 1. The summed E-state index contributed by atoms with van der Waals surface area (Å²) in [6.07, 6.45) is 2.56. The molecule has 9 heavy (non-hydrogen) atoms. The lowest BCUT2D eigenvalue weighted by molar-refractivity contribution is 0.970. The summed E-state index contributed by atoms with van der Waals surface area (Å²) in [7, 11) is 5.43. The van der Waals surface area contributed by atoms with Gasteiger partial charge in [0.2, 0.25) is 0 Å². The van der Waals surface area contributed by atoms with Crippen molar-refractivity contribution < 1.29 is 0 Å². The highest BCUT2D eigenvalue weighted by atomic mass is 15.1. The van der Waals surface area contributed by atoms with E-state index in [0.29, 0.717) is 11.5 Å². The van der Waals surface area contributed by atoms with Crippen LogP contribution in [0.2, 0.25) is 0 Å². The highest BCUT2D eigenvalue weighted by molar-refractivity contribution is 6.30. The standard InChI is InChI=1S/C6H7BN2/c7-6-3-5(8-9-6)4-1-2-4/h3-4H,1-2H2,(H,8,9). The fourth-order valence-electron chi connectivity index (χ4n) is 0.941. The maximum absolute atomic E-state index is 5.43. The third-order valence-electron chi connectivity index (χ3n) is 1.61. The van der Waals surface area contributed by atoms with Gasteiger partial charge in [-0.2, -0.15) is 5.10 Å². The fraction of sp³-hybridized carbons (Fsp3) is 0.500. The topological polar surface area (TPSA) is 28.7 Å². The molecule has 1 aliphatic rings. The zero-order valence-electron chi connectivity index (χ0n) is 5.09. The number of hydrogen-bond donors (Lipinski definition) is 1. The molecule has 0 atom stereocenters. The zero-order chi connectivity index (χ0) is 6.27. The predicted octanol–water partition coefficient (Wildman–Crippen LogP) is 0.0809. The molecule has 0 spiro atoms. The van der Waals surface area contributed by atoms with E-state index in [2.05, 4.69) is 10.2 Å². The monoisotopic (exact) mass is 118 g/mol. The maximum atomic E-state index is 5.43. The second-order valence-corrected chi connectivity index (χ2v) is 2.52. The van der Waals surface area contributed by atoms with Crippen molar-refractivity contribution in [3.63, 3.8) is 0 Å². The summed E-state index contributed by atoms with van der Waals surface area (Å²) < 4.78 is 0. The molecule has 44 valence electrons. The quantitative estimate of drug-likeness (QED) is 0.519. The zero-order valence-corrected chi connectivity index (χ0v) is 5.09. The van der Waals surface area contributed by atoms with Crippen molar-refractivity contribution in [2.24, 2.45) is 0 Å². The van der Waals surface area contributed by atoms with Gasteiger partial charge >= 0.3 is 0 Å². The van der Waals surface area contributed by atoms with Crippen molar-refractivity contribution in [3.8, 4) is 0 Å². The molecule has 0 unspecified atom stereocenters. The minimum atomic E-state index is 0.678. The Morgan fingerprint density at radius 2 is 2.44 bits per heavy atom. The molecule has 1 aromatic rings. The van der Waals surface area contributed by atoms with Crippen molar-refractivity contribution in [2.45, 2.75) is 18.8 Å². The number of hydrogen-bond acceptors (Lipinski definition) is 1. The van der Waals surface area contributed by atoms with E-state index in [0.717, 1.165) is 5.69 Å². The molecule has 2 radical (unpaired) electrons. The fourth-order valence-corrected chi connectivity index (χ4v) is 0.941. The Balaban J connectivity index is 2.28. The highest BCUT2D eigenvalue weighted by Gasteiger charge is 2.25. The van der Waals surface area contributed by atoms with Crippen LogP contribution in [0.3, 0.4) is 0 Å². The van der Waals surface area contributed by atoms with Crippen LogP contribution in [0.4, 0.5) is 0 Å². The van der Waals surface area contributed by atoms with Crippen LogP contribution in [-0.4, -0.2) is 18.0 Å². The van der Waals surface area contributed by atoms with Gasteiger partial charge in [0.05, 0.1) is 5.69 Å². The second-order valence-electron chi connectivity index (χ2n) is 2.52. The third kappa shape index (κ3) is 0.868. The van der Waals surface area contributed by atoms with E-state index >= 15 is 0 Å². The molecule has 0 aromatic carbocycles. The summed E-state index contributed by atoms with van der Waals surface area (Å²) in [6, 6.07) is 1.91. The molecule has 0 bridgehead atoms. The molecule has 1 aromatic heterocycles. The Kier molecular flexibility index (Phi) is 0.919. The van der Waals surface area contributed by atoms with Crippen molar-refractivity contribution in [1.82, 2.24) is 10.2 Å². The van der Waals surface area contributed by atoms with Gasteiger partial charge in [0.15, 0.2) is 0 Å². The Hall–Kier alpha value is -0.725. The minimum absolute atomic E-state index is 0.678. The lowest BCUT2D eigenvalue weighted by Gasteiger charge is -1.81. The van der Waals surface area contributed by atoms with E-state index in [1.54, 1.807) is 0 Å². The molecule has 1 saturated carbocycles. The van der Waals surface area contributed by atoms with Crippen LogP contribution in [0.1, 0.15) is 24.5 Å². The van der Waals surface area contributed by atoms with E-state index in [1.165, 1.54) is 12.8 Å². The van der Waals surface area contributed by atoms with Gasteiger partial charge < -0.3 is 0 Å². The number of aromatic nitrogens is 2. The molecule has 1 aliphatic carbocycles. The van der Waals surface area contributed by atoms with E-state index in [-0.39, 0.29) is 0 Å². The first-order valence-electron chi connectivity index (χ1n) is 3.17. The minimum Gasteiger partial charge on any atom is -0.293 e. The molecule has 1 heterocycles. The average Bonchev–Trinajstić information content (AvgIpc) is 2.58. The molecule has 0 aliphatic heterocycles. The average molecular weight is 118 g/mol. The van der Waals surface area contributed by atoms with Crippen LogP contribution in [-0.2, 0) is 0 Å². The van der Waals surface area contributed by atoms with Gasteiger partial charge in [0.25, 0.3) is 0 Å². The van der Waals surface area contributed by atoms with Gasteiger partial charge in [-0.25, -0.2) is 0 Å². The molecule has 0 amide bonds. The first-order valence-corrected chi connectivity index (χ1v) is 3.17. The summed E-state index contributed by atoms with van der Waals surface area (Å²) >= 11 is 0. The molecule has 3 heteroatoms. The lowest BCUT2D eigenvalue weighted by atomic mass is 10.0. The smallest absolute Gasteiger partial charge is 0.140 e. The van der Waals surface area contributed by atoms with E-state index in [1.807, 2.05) is 6.07 Å². The van der Waals surface area contributed by atoms with Gasteiger partial charge in [-0.15, -0.1) is 0 Å². The molecular formula is C6H7BN2. The molecule has 1 fully saturated rings. The van der Waals surface area contributed by atoms with Gasteiger partial charge in [-0.3, -0.25) is 5.10 Å². The summed E-state index contributed by atoms with van der Waals surface area (Å²) in [4.78, 5) is 0. The van der Waals surface area contributed by atoms with Crippen molar-refractivity contribution in [1.29, 1.82) is 0 Å². The first-order chi connectivity index (χ1) is 4.36. The summed E-state index contributed by atoms with van der Waals surface area (Å²) in [5, 5.41) is 6.75. The van der Waals surface area contributed by atoms with Crippen molar-refractivity contribution in [2.75, 3.05) is 0 Å². The first kappa shape index (κ1) is 5.09. The van der Waals surface area contributed by atoms with E-state index in [4.69, 9.17) is 7.85 Å². The normalized spacial score (nSPS) is 18.2. The number of aromatic amines is 1. The highest BCUT2D eigenvalue weighted by Crippen LogP contribution is 2.38. The molecule has 1 N–H and O–H groups in total. The summed E-state index contributed by atoms with van der Waals surface area (Å²) in [5.74, 6) is 0.707. The Labute approximate surface area is 55.1 Å². The van der Waals surface area contributed by atoms with Crippen LogP contribution in [0.15, 0.2) is 6.07 Å². The van der Waals surface area contributed by atoms with Crippen LogP contribution in [0.25, 0.3) is 0 Å². The third-order valence-corrected chi connectivity index (χ3v) is 1.61. The molecular weight excluding hydrogens is 111 g/mol. The summed E-state index contributed by atoms with van der Waals surface area (Å²) in [6.45, 7) is 0. The van der Waals surface area contributed by atoms with Crippen LogP contribution in [0, 0.1) is 0 Å². The lowest BCUT2D eigenvalue weighted by Crippen LogP contribution is -2.00. The molecule has 0 saturated heterocycles. The molecule has 2 nitrogen and oxygen atoms in total. The SMILES string of the molecule is [B]c1cc(C2CC2)n[nH]1. The van der Waals surface area contributed by atoms with Crippen molar-refractivity contribution in [3.05, 3.63) is 11.8 Å².